The quantitative estimate of drug-likeness (QED) is 0.540. The molecule has 0 spiro atoms. The van der Waals surface area contributed by atoms with Crippen molar-refractivity contribution in [3.8, 4) is 0 Å². The van der Waals surface area contributed by atoms with Crippen molar-refractivity contribution >= 4 is 10.4 Å². The molecule has 1 aromatic carbocycles. The van der Waals surface area contributed by atoms with E-state index < -0.39 is 16.5 Å². The largest absolute Gasteiger partial charge is 0.394 e. The van der Waals surface area contributed by atoms with Crippen LogP contribution in [0.2, 0.25) is 0 Å². The highest BCUT2D eigenvalue weighted by Crippen LogP contribution is 2.09. The minimum atomic E-state index is -4.67. The van der Waals surface area contributed by atoms with Gasteiger partial charge in [0.2, 0.25) is 0 Å². The molecule has 0 fully saturated rings. The smallest absolute Gasteiger partial charge is 0.393 e. The predicted molar refractivity (Wildman–Crippen MR) is 52.7 cm³/mol. The van der Waals surface area contributed by atoms with E-state index in [0.29, 0.717) is 0 Å². The van der Waals surface area contributed by atoms with Crippen LogP contribution in [0, 0.1) is 0 Å². The Morgan fingerprint density at radius 3 is 1.87 bits per heavy atom. The standard InChI is InChI=1S/C8H10O2.H2O4S/c9-6-8(10)7-4-2-1-3-5-7;1-5(2,3)4/h1-5,8-10H,6H2;(H2,1,2,3,4). The first-order valence-electron chi connectivity index (χ1n) is 3.88. The molecule has 0 amide bonds. The highest BCUT2D eigenvalue weighted by Gasteiger charge is 2.02. The molecule has 0 aliphatic rings. The summed E-state index contributed by atoms with van der Waals surface area (Å²) in [6.45, 7) is -0.218. The van der Waals surface area contributed by atoms with Crippen LogP contribution < -0.4 is 0 Å². The molecule has 4 N–H and O–H groups in total. The molecule has 0 aromatic heterocycles. The Bertz CT molecular complexity index is 352. The lowest BCUT2D eigenvalue weighted by Crippen LogP contribution is -2.01. The summed E-state index contributed by atoms with van der Waals surface area (Å²) in [5, 5.41) is 17.6. The third-order valence-corrected chi connectivity index (χ3v) is 1.36. The molecule has 0 radical (unpaired) electrons. The molecule has 86 valence electrons. The van der Waals surface area contributed by atoms with Gasteiger partial charge < -0.3 is 10.2 Å². The van der Waals surface area contributed by atoms with Crippen molar-refractivity contribution in [3.05, 3.63) is 35.9 Å². The van der Waals surface area contributed by atoms with Gasteiger partial charge in [-0.25, -0.2) is 0 Å². The van der Waals surface area contributed by atoms with Crippen LogP contribution in [0.15, 0.2) is 30.3 Å². The predicted octanol–water partition coefficient (Wildman–Crippen LogP) is 0.0595. The van der Waals surface area contributed by atoms with Gasteiger partial charge in [-0.2, -0.15) is 8.42 Å². The van der Waals surface area contributed by atoms with Crippen LogP contribution in [0.5, 0.6) is 0 Å². The van der Waals surface area contributed by atoms with Crippen LogP contribution in [0.4, 0.5) is 0 Å². The fourth-order valence-electron chi connectivity index (χ4n) is 0.781. The summed E-state index contributed by atoms with van der Waals surface area (Å²) < 4.78 is 31.6. The highest BCUT2D eigenvalue weighted by atomic mass is 32.3. The van der Waals surface area contributed by atoms with Gasteiger partial charge >= 0.3 is 10.4 Å². The van der Waals surface area contributed by atoms with E-state index in [-0.39, 0.29) is 6.61 Å². The second kappa shape index (κ2) is 6.49. The van der Waals surface area contributed by atoms with Crippen molar-refractivity contribution in [1.82, 2.24) is 0 Å². The molecular weight excluding hydrogens is 224 g/mol. The summed E-state index contributed by atoms with van der Waals surface area (Å²) in [7, 11) is -4.67. The zero-order valence-electron chi connectivity index (χ0n) is 7.68. The van der Waals surface area contributed by atoms with Gasteiger partial charge in [-0.15, -0.1) is 0 Å². The zero-order chi connectivity index (χ0) is 11.9. The number of hydrogen-bond acceptors (Lipinski definition) is 4. The van der Waals surface area contributed by atoms with Gasteiger partial charge in [-0.3, -0.25) is 9.11 Å². The Balaban J connectivity index is 0.000000336. The molecule has 1 unspecified atom stereocenters. The van der Waals surface area contributed by atoms with Crippen molar-refractivity contribution in [1.29, 1.82) is 0 Å². The molecule has 0 bridgehead atoms. The van der Waals surface area contributed by atoms with Gasteiger partial charge in [0.15, 0.2) is 0 Å². The molecule has 0 saturated carbocycles. The van der Waals surface area contributed by atoms with E-state index in [1.165, 1.54) is 0 Å². The Labute approximate surface area is 87.4 Å². The van der Waals surface area contributed by atoms with Crippen LogP contribution in [0.3, 0.4) is 0 Å². The van der Waals surface area contributed by atoms with E-state index in [9.17, 15) is 0 Å². The Morgan fingerprint density at radius 2 is 1.53 bits per heavy atom. The number of rotatable bonds is 2. The molecule has 0 heterocycles. The first kappa shape index (κ1) is 14.0. The molecule has 6 nitrogen and oxygen atoms in total. The van der Waals surface area contributed by atoms with E-state index in [1.54, 1.807) is 12.1 Å². The van der Waals surface area contributed by atoms with Gasteiger partial charge in [0.05, 0.1) is 6.61 Å². The number of aliphatic hydroxyl groups is 2. The summed E-state index contributed by atoms with van der Waals surface area (Å²) in [4.78, 5) is 0. The van der Waals surface area contributed by atoms with Crippen LogP contribution in [-0.4, -0.2) is 34.3 Å². The average molecular weight is 236 g/mol. The summed E-state index contributed by atoms with van der Waals surface area (Å²) in [5.74, 6) is 0. The Hall–Kier alpha value is -0.990. The van der Waals surface area contributed by atoms with E-state index in [1.807, 2.05) is 18.2 Å². The van der Waals surface area contributed by atoms with Crippen molar-refractivity contribution in [2.75, 3.05) is 6.61 Å². The molecule has 7 heteroatoms. The summed E-state index contributed by atoms with van der Waals surface area (Å²) >= 11 is 0. The molecule has 1 aromatic rings. The summed E-state index contributed by atoms with van der Waals surface area (Å²) in [6.07, 6.45) is -0.735. The lowest BCUT2D eigenvalue weighted by Gasteiger charge is -2.05. The Morgan fingerprint density at radius 1 is 1.13 bits per heavy atom. The lowest BCUT2D eigenvalue weighted by molar-refractivity contribution is 0.0956. The maximum atomic E-state index is 9.08. The maximum absolute atomic E-state index is 9.08. The van der Waals surface area contributed by atoms with Crippen molar-refractivity contribution in [2.45, 2.75) is 6.10 Å². The molecule has 0 aliphatic carbocycles. The molecule has 0 aliphatic heterocycles. The van der Waals surface area contributed by atoms with Gasteiger partial charge in [-0.05, 0) is 5.56 Å². The average Bonchev–Trinajstić information content (AvgIpc) is 2.15. The molecule has 0 saturated heterocycles. The van der Waals surface area contributed by atoms with Crippen molar-refractivity contribution in [2.24, 2.45) is 0 Å². The molecular formula is C8H12O6S. The van der Waals surface area contributed by atoms with E-state index in [0.717, 1.165) is 5.56 Å². The van der Waals surface area contributed by atoms with E-state index >= 15 is 0 Å². The van der Waals surface area contributed by atoms with E-state index in [2.05, 4.69) is 0 Å². The number of aliphatic hydroxyl groups excluding tert-OH is 2. The van der Waals surface area contributed by atoms with E-state index in [4.69, 9.17) is 27.7 Å². The third kappa shape index (κ3) is 9.32. The van der Waals surface area contributed by atoms with Crippen molar-refractivity contribution in [3.63, 3.8) is 0 Å². The van der Waals surface area contributed by atoms with Crippen LogP contribution >= 0.6 is 0 Å². The highest BCUT2D eigenvalue weighted by molar-refractivity contribution is 7.79. The minimum Gasteiger partial charge on any atom is -0.393 e. The topological polar surface area (TPSA) is 115 Å². The first-order valence-corrected chi connectivity index (χ1v) is 5.28. The summed E-state index contributed by atoms with van der Waals surface area (Å²) in [6, 6.07) is 9.08. The van der Waals surface area contributed by atoms with Gasteiger partial charge in [0.1, 0.15) is 6.10 Å². The van der Waals surface area contributed by atoms with Gasteiger partial charge in [0, 0.05) is 0 Å². The first-order chi connectivity index (χ1) is 6.84. The minimum absolute atomic E-state index is 0.218. The summed E-state index contributed by atoms with van der Waals surface area (Å²) in [5.41, 5.74) is 0.755. The fraction of sp³-hybridized carbons (Fsp3) is 0.250. The monoisotopic (exact) mass is 236 g/mol. The van der Waals surface area contributed by atoms with Crippen LogP contribution in [0.25, 0.3) is 0 Å². The SMILES string of the molecule is O=S(=O)(O)O.OCC(O)c1ccccc1. The number of benzene rings is 1. The van der Waals surface area contributed by atoms with Gasteiger partial charge in [-0.1, -0.05) is 30.3 Å². The maximum Gasteiger partial charge on any atom is 0.394 e. The zero-order valence-corrected chi connectivity index (χ0v) is 8.50. The van der Waals surface area contributed by atoms with Crippen LogP contribution in [0.1, 0.15) is 11.7 Å². The second-order valence-electron chi connectivity index (χ2n) is 2.56. The normalized spacial score (nSPS) is 12.5. The van der Waals surface area contributed by atoms with Crippen LogP contribution in [-0.2, 0) is 10.4 Å². The fourth-order valence-corrected chi connectivity index (χ4v) is 0.781. The molecule has 1 atom stereocenters. The molecule has 1 rings (SSSR count). The Kier molecular flexibility index (Phi) is 6.06. The lowest BCUT2D eigenvalue weighted by atomic mass is 10.1. The second-order valence-corrected chi connectivity index (χ2v) is 3.45. The van der Waals surface area contributed by atoms with Crippen molar-refractivity contribution < 1.29 is 27.7 Å². The number of hydrogen-bond donors (Lipinski definition) is 4. The van der Waals surface area contributed by atoms with Gasteiger partial charge in [0.25, 0.3) is 0 Å². The third-order valence-electron chi connectivity index (χ3n) is 1.36. The molecule has 15 heavy (non-hydrogen) atoms.